The summed E-state index contributed by atoms with van der Waals surface area (Å²) in [6.45, 7) is 6.43. The Labute approximate surface area is 69.5 Å². The Balaban J connectivity index is 2.34. The van der Waals surface area contributed by atoms with Crippen molar-refractivity contribution in [1.29, 1.82) is 0 Å². The summed E-state index contributed by atoms with van der Waals surface area (Å²) in [7, 11) is 2.19. The Morgan fingerprint density at radius 3 is 2.55 bits per heavy atom. The standard InChI is InChI=1S/C9H19NO/c1-4-8-7-11-9(5-2)6-10(8)3/h8-9H,4-7H2,1-3H3. The molecule has 1 aliphatic heterocycles. The molecule has 2 unspecified atom stereocenters. The molecule has 0 aliphatic carbocycles. The van der Waals surface area contributed by atoms with Crippen molar-refractivity contribution in [2.45, 2.75) is 38.8 Å². The first-order valence-electron chi connectivity index (χ1n) is 4.59. The van der Waals surface area contributed by atoms with E-state index in [0.717, 1.165) is 19.6 Å². The molecular formula is C9H19NO. The molecule has 66 valence electrons. The van der Waals surface area contributed by atoms with Gasteiger partial charge >= 0.3 is 0 Å². The minimum absolute atomic E-state index is 0.475. The molecule has 1 aliphatic rings. The fraction of sp³-hybridized carbons (Fsp3) is 1.00. The van der Waals surface area contributed by atoms with E-state index >= 15 is 0 Å². The Kier molecular flexibility index (Phi) is 3.34. The van der Waals surface area contributed by atoms with Crippen LogP contribution in [0.2, 0.25) is 0 Å². The van der Waals surface area contributed by atoms with E-state index in [1.807, 2.05) is 0 Å². The summed E-state index contributed by atoms with van der Waals surface area (Å²) in [4.78, 5) is 2.41. The third-order valence-electron chi connectivity index (χ3n) is 2.57. The summed E-state index contributed by atoms with van der Waals surface area (Å²) in [6.07, 6.45) is 2.82. The molecule has 2 atom stereocenters. The molecule has 1 saturated heterocycles. The molecule has 0 aromatic carbocycles. The molecule has 0 spiro atoms. The first-order chi connectivity index (χ1) is 5.27. The molecule has 0 saturated carbocycles. The predicted octanol–water partition coefficient (Wildman–Crippen LogP) is 1.51. The van der Waals surface area contributed by atoms with E-state index in [-0.39, 0.29) is 0 Å². The van der Waals surface area contributed by atoms with Gasteiger partial charge in [-0.3, -0.25) is 4.90 Å². The van der Waals surface area contributed by atoms with Gasteiger partial charge < -0.3 is 4.74 Å². The second-order valence-corrected chi connectivity index (χ2v) is 3.37. The van der Waals surface area contributed by atoms with Crippen LogP contribution in [-0.2, 0) is 4.74 Å². The van der Waals surface area contributed by atoms with Crippen molar-refractivity contribution in [3.63, 3.8) is 0 Å². The van der Waals surface area contributed by atoms with Crippen LogP contribution in [0.5, 0.6) is 0 Å². The van der Waals surface area contributed by atoms with Gasteiger partial charge in [-0.2, -0.15) is 0 Å². The van der Waals surface area contributed by atoms with Crippen LogP contribution >= 0.6 is 0 Å². The largest absolute Gasteiger partial charge is 0.375 e. The van der Waals surface area contributed by atoms with Gasteiger partial charge in [0.15, 0.2) is 0 Å². The van der Waals surface area contributed by atoms with Crippen LogP contribution in [0.25, 0.3) is 0 Å². The molecule has 1 heterocycles. The molecule has 0 amide bonds. The Morgan fingerprint density at radius 1 is 1.36 bits per heavy atom. The van der Waals surface area contributed by atoms with E-state index < -0.39 is 0 Å². The number of ether oxygens (including phenoxy) is 1. The molecule has 0 N–H and O–H groups in total. The molecule has 11 heavy (non-hydrogen) atoms. The summed E-state index contributed by atoms with van der Waals surface area (Å²) < 4.78 is 5.66. The van der Waals surface area contributed by atoms with Gasteiger partial charge in [0, 0.05) is 12.6 Å². The van der Waals surface area contributed by atoms with Crippen molar-refractivity contribution in [2.24, 2.45) is 0 Å². The lowest BCUT2D eigenvalue weighted by Gasteiger charge is -2.36. The number of nitrogens with zero attached hydrogens (tertiary/aromatic N) is 1. The Hall–Kier alpha value is -0.0800. The van der Waals surface area contributed by atoms with Crippen molar-refractivity contribution in [1.82, 2.24) is 4.90 Å². The molecule has 1 rings (SSSR count). The summed E-state index contributed by atoms with van der Waals surface area (Å²) in [5.74, 6) is 0. The minimum atomic E-state index is 0.475. The van der Waals surface area contributed by atoms with Gasteiger partial charge in [-0.15, -0.1) is 0 Å². The molecule has 2 nitrogen and oxygen atoms in total. The zero-order chi connectivity index (χ0) is 8.27. The second kappa shape index (κ2) is 4.07. The second-order valence-electron chi connectivity index (χ2n) is 3.37. The molecule has 0 bridgehead atoms. The topological polar surface area (TPSA) is 12.5 Å². The molecular weight excluding hydrogens is 138 g/mol. The molecule has 0 aromatic rings. The Bertz CT molecular complexity index is 116. The highest BCUT2D eigenvalue weighted by Gasteiger charge is 2.23. The summed E-state index contributed by atoms with van der Waals surface area (Å²) in [5.41, 5.74) is 0. The number of morpholine rings is 1. The van der Waals surface area contributed by atoms with Gasteiger partial charge in [0.05, 0.1) is 12.7 Å². The highest BCUT2D eigenvalue weighted by molar-refractivity contribution is 4.75. The fourth-order valence-electron chi connectivity index (χ4n) is 1.57. The number of hydrogen-bond donors (Lipinski definition) is 0. The van der Waals surface area contributed by atoms with Crippen LogP contribution < -0.4 is 0 Å². The normalized spacial score (nSPS) is 34.1. The zero-order valence-corrected chi connectivity index (χ0v) is 7.84. The third-order valence-corrected chi connectivity index (χ3v) is 2.57. The number of hydrogen-bond acceptors (Lipinski definition) is 2. The maximum Gasteiger partial charge on any atom is 0.0700 e. The van der Waals surface area contributed by atoms with Crippen molar-refractivity contribution >= 4 is 0 Å². The lowest BCUT2D eigenvalue weighted by molar-refractivity contribution is -0.0552. The maximum atomic E-state index is 5.66. The summed E-state index contributed by atoms with van der Waals surface area (Å²) in [5, 5.41) is 0. The highest BCUT2D eigenvalue weighted by Crippen LogP contribution is 2.13. The lowest BCUT2D eigenvalue weighted by atomic mass is 10.1. The van der Waals surface area contributed by atoms with E-state index in [1.54, 1.807) is 0 Å². The number of likely N-dealkylation sites (N-methyl/N-ethyl adjacent to an activating group) is 1. The van der Waals surface area contributed by atoms with E-state index in [9.17, 15) is 0 Å². The summed E-state index contributed by atoms with van der Waals surface area (Å²) in [6, 6.07) is 0.651. The monoisotopic (exact) mass is 157 g/mol. The van der Waals surface area contributed by atoms with Crippen molar-refractivity contribution in [3.05, 3.63) is 0 Å². The fourth-order valence-corrected chi connectivity index (χ4v) is 1.57. The van der Waals surface area contributed by atoms with Crippen LogP contribution in [0.1, 0.15) is 26.7 Å². The smallest absolute Gasteiger partial charge is 0.0700 e. The maximum absolute atomic E-state index is 5.66. The third kappa shape index (κ3) is 2.17. The van der Waals surface area contributed by atoms with Crippen LogP contribution in [0.4, 0.5) is 0 Å². The van der Waals surface area contributed by atoms with Crippen LogP contribution in [-0.4, -0.2) is 37.2 Å². The average Bonchev–Trinajstić information content (AvgIpc) is 2.04. The van der Waals surface area contributed by atoms with Crippen molar-refractivity contribution < 1.29 is 4.74 Å². The minimum Gasteiger partial charge on any atom is -0.375 e. The first-order valence-corrected chi connectivity index (χ1v) is 4.59. The zero-order valence-electron chi connectivity index (χ0n) is 7.84. The summed E-state index contributed by atoms with van der Waals surface area (Å²) >= 11 is 0. The van der Waals surface area contributed by atoms with Gasteiger partial charge in [-0.05, 0) is 19.9 Å². The van der Waals surface area contributed by atoms with Gasteiger partial charge in [0.25, 0.3) is 0 Å². The van der Waals surface area contributed by atoms with Crippen LogP contribution in [0.15, 0.2) is 0 Å². The average molecular weight is 157 g/mol. The van der Waals surface area contributed by atoms with E-state index in [2.05, 4.69) is 25.8 Å². The van der Waals surface area contributed by atoms with Crippen LogP contribution in [0.3, 0.4) is 0 Å². The van der Waals surface area contributed by atoms with Crippen molar-refractivity contribution in [3.8, 4) is 0 Å². The van der Waals surface area contributed by atoms with Gasteiger partial charge in [-0.1, -0.05) is 13.8 Å². The SMILES string of the molecule is CCC1CN(C)C(CC)CO1. The molecule has 1 fully saturated rings. The predicted molar refractivity (Wildman–Crippen MR) is 46.7 cm³/mol. The van der Waals surface area contributed by atoms with E-state index in [4.69, 9.17) is 4.74 Å². The molecule has 2 heteroatoms. The quantitative estimate of drug-likeness (QED) is 0.602. The lowest BCUT2D eigenvalue weighted by Crippen LogP contribution is -2.46. The molecule has 0 radical (unpaired) electrons. The molecule has 0 aromatic heterocycles. The van der Waals surface area contributed by atoms with E-state index in [1.165, 1.54) is 6.42 Å². The van der Waals surface area contributed by atoms with E-state index in [0.29, 0.717) is 12.1 Å². The van der Waals surface area contributed by atoms with Gasteiger partial charge in [-0.25, -0.2) is 0 Å². The first kappa shape index (κ1) is 9.01. The van der Waals surface area contributed by atoms with Gasteiger partial charge in [0.1, 0.15) is 0 Å². The highest BCUT2D eigenvalue weighted by atomic mass is 16.5. The van der Waals surface area contributed by atoms with Crippen LogP contribution in [0, 0.1) is 0 Å². The Morgan fingerprint density at radius 2 is 2.09 bits per heavy atom. The number of rotatable bonds is 2. The van der Waals surface area contributed by atoms with Gasteiger partial charge in [0.2, 0.25) is 0 Å². The van der Waals surface area contributed by atoms with Crippen molar-refractivity contribution in [2.75, 3.05) is 20.2 Å².